The van der Waals surface area contributed by atoms with Gasteiger partial charge >= 0.3 is 6.09 Å². The minimum Gasteiger partial charge on any atom is -0.465 e. The second kappa shape index (κ2) is 8.51. The summed E-state index contributed by atoms with van der Waals surface area (Å²) in [6.45, 7) is 1.68. The van der Waals surface area contributed by atoms with Crippen molar-refractivity contribution >= 4 is 34.5 Å². The molecule has 1 atom stereocenters. The molecule has 4 heterocycles. The average Bonchev–Trinajstić information content (AvgIpc) is 3.46. The van der Waals surface area contributed by atoms with Gasteiger partial charge in [0, 0.05) is 48.4 Å². The molecule has 1 saturated heterocycles. The molecule has 3 N–H and O–H groups in total. The number of likely N-dealkylation sites (tertiary alicyclic amines) is 1. The van der Waals surface area contributed by atoms with Crippen LogP contribution < -0.4 is 5.32 Å². The van der Waals surface area contributed by atoms with E-state index in [1.165, 1.54) is 10.5 Å². The third-order valence-electron chi connectivity index (χ3n) is 5.87. The summed E-state index contributed by atoms with van der Waals surface area (Å²) >= 11 is 6.54. The number of amides is 1. The zero-order valence-corrected chi connectivity index (χ0v) is 18.0. The van der Waals surface area contributed by atoms with Crippen molar-refractivity contribution < 1.29 is 9.90 Å². The third-order valence-corrected chi connectivity index (χ3v) is 6.17. The molecule has 1 aromatic carbocycles. The molecule has 1 fully saturated rings. The first-order valence-corrected chi connectivity index (χ1v) is 10.9. The van der Waals surface area contributed by atoms with Crippen LogP contribution in [0.25, 0.3) is 22.3 Å². The number of carbonyl (C=O) groups is 1. The second-order valence-electron chi connectivity index (χ2n) is 7.93. The van der Waals surface area contributed by atoms with Crippen LogP contribution >= 0.6 is 11.6 Å². The largest absolute Gasteiger partial charge is 0.465 e. The van der Waals surface area contributed by atoms with Crippen molar-refractivity contribution in [3.05, 3.63) is 77.1 Å². The van der Waals surface area contributed by atoms with Gasteiger partial charge in [0.05, 0.1) is 10.7 Å². The summed E-state index contributed by atoms with van der Waals surface area (Å²) in [4.78, 5) is 25.3. The highest BCUT2D eigenvalue weighted by atomic mass is 35.5. The van der Waals surface area contributed by atoms with Gasteiger partial charge in [-0.15, -0.1) is 0 Å². The van der Waals surface area contributed by atoms with Crippen LogP contribution in [0.5, 0.6) is 0 Å². The Kier molecular flexibility index (Phi) is 5.41. The fourth-order valence-electron chi connectivity index (χ4n) is 4.18. The Balaban J connectivity index is 1.45. The molecule has 0 aliphatic carbocycles. The van der Waals surface area contributed by atoms with E-state index in [4.69, 9.17) is 16.6 Å². The number of H-pyrrole nitrogens is 1. The number of fused-ring (bicyclic) bond motifs is 1. The third kappa shape index (κ3) is 3.99. The molecular formula is C24H22ClN5O2. The molecule has 1 aliphatic heterocycles. The van der Waals surface area contributed by atoms with Gasteiger partial charge in [-0.1, -0.05) is 41.9 Å². The summed E-state index contributed by atoms with van der Waals surface area (Å²) < 4.78 is 0. The van der Waals surface area contributed by atoms with Crippen molar-refractivity contribution in [3.8, 4) is 11.3 Å². The molecule has 162 valence electrons. The summed E-state index contributed by atoms with van der Waals surface area (Å²) in [5, 5.41) is 14.1. The number of halogens is 1. The molecule has 5 rings (SSSR count). The van der Waals surface area contributed by atoms with Gasteiger partial charge in [-0.3, -0.25) is 0 Å². The summed E-state index contributed by atoms with van der Waals surface area (Å²) in [5.74, 6) is 0.859. The number of hydrogen-bond donors (Lipinski definition) is 3. The number of rotatable bonds is 5. The first-order valence-electron chi connectivity index (χ1n) is 10.5. The van der Waals surface area contributed by atoms with Gasteiger partial charge < -0.3 is 20.3 Å². The minimum absolute atomic E-state index is 0.121. The first-order chi connectivity index (χ1) is 15.6. The molecule has 1 amide bonds. The number of hydrogen-bond acceptors (Lipinski definition) is 4. The molecule has 8 heteroatoms. The van der Waals surface area contributed by atoms with Gasteiger partial charge in [-0.05, 0) is 36.2 Å². The Bertz CT molecular complexity index is 1270. The van der Waals surface area contributed by atoms with Crippen LogP contribution in [0.4, 0.5) is 10.6 Å². The summed E-state index contributed by atoms with van der Waals surface area (Å²) in [7, 11) is 0. The normalized spacial score (nSPS) is 15.9. The highest BCUT2D eigenvalue weighted by Crippen LogP contribution is 2.35. The minimum atomic E-state index is -0.877. The van der Waals surface area contributed by atoms with E-state index in [9.17, 15) is 9.90 Å². The van der Waals surface area contributed by atoms with Crippen LogP contribution in [0.3, 0.4) is 0 Å². The fourth-order valence-corrected chi connectivity index (χ4v) is 4.39. The summed E-state index contributed by atoms with van der Waals surface area (Å²) in [6, 6.07) is 17.8. The number of benzene rings is 1. The monoisotopic (exact) mass is 447 g/mol. The van der Waals surface area contributed by atoms with E-state index in [-0.39, 0.29) is 5.92 Å². The van der Waals surface area contributed by atoms with E-state index in [1.807, 2.05) is 36.4 Å². The lowest BCUT2D eigenvalue weighted by atomic mass is 10.0. The van der Waals surface area contributed by atoms with E-state index in [2.05, 4.69) is 33.5 Å². The molecule has 1 unspecified atom stereocenters. The number of pyridine rings is 2. The molecule has 7 nitrogen and oxygen atoms in total. The van der Waals surface area contributed by atoms with E-state index in [1.54, 1.807) is 6.20 Å². The van der Waals surface area contributed by atoms with Gasteiger partial charge in [0.2, 0.25) is 0 Å². The van der Waals surface area contributed by atoms with Gasteiger partial charge in [-0.2, -0.15) is 0 Å². The summed E-state index contributed by atoms with van der Waals surface area (Å²) in [5.41, 5.74) is 4.46. The Hall–Kier alpha value is -3.58. The fraction of sp³-hybridized carbons (Fsp3) is 0.208. The molecule has 0 spiro atoms. The molecule has 4 aromatic rings. The second-order valence-corrected chi connectivity index (χ2v) is 8.33. The first kappa shape index (κ1) is 20.3. The molecule has 0 saturated carbocycles. The maximum Gasteiger partial charge on any atom is 0.407 e. The topological polar surface area (TPSA) is 94.1 Å². The van der Waals surface area contributed by atoms with Gasteiger partial charge in [0.25, 0.3) is 0 Å². The van der Waals surface area contributed by atoms with E-state index in [0.717, 1.165) is 34.5 Å². The van der Waals surface area contributed by atoms with E-state index in [0.29, 0.717) is 30.4 Å². The molecule has 0 radical (unpaired) electrons. The van der Waals surface area contributed by atoms with Crippen molar-refractivity contribution in [1.29, 1.82) is 0 Å². The lowest BCUT2D eigenvalue weighted by Gasteiger charge is -2.11. The molecule has 3 aromatic heterocycles. The zero-order valence-electron chi connectivity index (χ0n) is 17.3. The van der Waals surface area contributed by atoms with Crippen molar-refractivity contribution in [2.75, 3.05) is 18.4 Å². The number of aromatic nitrogens is 3. The number of carboxylic acid groups (broad SMARTS) is 1. The zero-order chi connectivity index (χ0) is 22.1. The van der Waals surface area contributed by atoms with Crippen molar-refractivity contribution in [2.24, 2.45) is 0 Å². The number of nitrogens with one attached hydrogen (secondary N) is 2. The van der Waals surface area contributed by atoms with Crippen LogP contribution in [-0.2, 0) is 6.54 Å². The quantitative estimate of drug-likeness (QED) is 0.383. The van der Waals surface area contributed by atoms with E-state index < -0.39 is 6.09 Å². The highest BCUT2D eigenvalue weighted by molar-refractivity contribution is 6.33. The SMILES string of the molecule is O=C(O)N1CCC(c2cc3c(-c4nc(NCc5ccccc5)ccc4Cl)ccnc3[nH]2)C1. The maximum atomic E-state index is 11.3. The van der Waals surface area contributed by atoms with Crippen LogP contribution in [0.15, 0.2) is 60.8 Å². The predicted molar refractivity (Wildman–Crippen MR) is 125 cm³/mol. The lowest BCUT2D eigenvalue weighted by Crippen LogP contribution is -2.26. The van der Waals surface area contributed by atoms with Gasteiger partial charge in [0.15, 0.2) is 0 Å². The number of nitrogens with zero attached hydrogens (tertiary/aromatic N) is 3. The van der Waals surface area contributed by atoms with Crippen LogP contribution in [0.2, 0.25) is 5.02 Å². The van der Waals surface area contributed by atoms with Gasteiger partial charge in [0.1, 0.15) is 11.5 Å². The molecular weight excluding hydrogens is 426 g/mol. The molecule has 1 aliphatic rings. The Morgan fingerprint density at radius 3 is 2.84 bits per heavy atom. The van der Waals surface area contributed by atoms with Crippen molar-refractivity contribution in [1.82, 2.24) is 19.9 Å². The van der Waals surface area contributed by atoms with E-state index >= 15 is 0 Å². The smallest absolute Gasteiger partial charge is 0.407 e. The van der Waals surface area contributed by atoms with Gasteiger partial charge in [-0.25, -0.2) is 14.8 Å². The Labute approximate surface area is 190 Å². The standard InChI is InChI=1S/C24H22ClN5O2/c25-19-6-7-21(27-13-15-4-2-1-3-5-15)29-22(19)17-8-10-26-23-18(17)12-20(28-23)16-9-11-30(14-16)24(31)32/h1-8,10,12,16H,9,11,13-14H2,(H,26,28)(H,27,29)(H,31,32). The Morgan fingerprint density at radius 2 is 2.06 bits per heavy atom. The van der Waals surface area contributed by atoms with Crippen LogP contribution in [-0.4, -0.2) is 44.1 Å². The van der Waals surface area contributed by atoms with Crippen molar-refractivity contribution in [3.63, 3.8) is 0 Å². The predicted octanol–water partition coefficient (Wildman–Crippen LogP) is 5.36. The lowest BCUT2D eigenvalue weighted by molar-refractivity contribution is 0.155. The highest BCUT2D eigenvalue weighted by Gasteiger charge is 2.28. The average molecular weight is 448 g/mol. The summed E-state index contributed by atoms with van der Waals surface area (Å²) in [6.07, 6.45) is 1.64. The van der Waals surface area contributed by atoms with Crippen molar-refractivity contribution in [2.45, 2.75) is 18.9 Å². The molecule has 0 bridgehead atoms. The number of aromatic amines is 1. The molecule has 32 heavy (non-hydrogen) atoms. The number of anilines is 1. The maximum absolute atomic E-state index is 11.3. The Morgan fingerprint density at radius 1 is 1.22 bits per heavy atom. The van der Waals surface area contributed by atoms with Crippen LogP contribution in [0, 0.1) is 0 Å². The van der Waals surface area contributed by atoms with Crippen LogP contribution in [0.1, 0.15) is 23.6 Å².